The monoisotopic (exact) mass is 434 g/mol. The molecule has 132 valence electrons. The summed E-state index contributed by atoms with van der Waals surface area (Å²) in [5, 5.41) is 17.1. The molecule has 0 fully saturated rings. The fourth-order valence-corrected chi connectivity index (χ4v) is 1.99. The molecule has 0 aliphatic rings. The second kappa shape index (κ2) is 11.6. The van der Waals surface area contributed by atoms with Crippen molar-refractivity contribution in [1.29, 1.82) is 0 Å². The van der Waals surface area contributed by atoms with Crippen molar-refractivity contribution in [3.8, 4) is 0 Å². The van der Waals surface area contributed by atoms with Crippen molar-refractivity contribution in [2.75, 3.05) is 39.8 Å². The third-order valence-electron chi connectivity index (χ3n) is 3.61. The standard InChI is InChI=1S/C17H30N4O.HI/c1-5-18-16(19-12-13-21(4)6-2)20-14-17(3,22)15-10-8-7-9-11-15;/h7-11,22H,5-6,12-14H2,1-4H3,(H2,18,19,20);1H. The van der Waals surface area contributed by atoms with Crippen LogP contribution in [0.15, 0.2) is 35.3 Å². The molecule has 3 N–H and O–H groups in total. The Morgan fingerprint density at radius 2 is 1.87 bits per heavy atom. The minimum atomic E-state index is -0.968. The van der Waals surface area contributed by atoms with Crippen LogP contribution in [-0.2, 0) is 5.60 Å². The molecular weight excluding hydrogens is 403 g/mol. The Morgan fingerprint density at radius 1 is 1.22 bits per heavy atom. The Morgan fingerprint density at radius 3 is 2.43 bits per heavy atom. The maximum absolute atomic E-state index is 10.6. The van der Waals surface area contributed by atoms with Crippen LogP contribution in [0, 0.1) is 0 Å². The molecule has 1 aromatic rings. The van der Waals surface area contributed by atoms with E-state index >= 15 is 0 Å². The van der Waals surface area contributed by atoms with E-state index in [1.54, 1.807) is 6.92 Å². The van der Waals surface area contributed by atoms with E-state index in [0.717, 1.165) is 37.7 Å². The first kappa shape index (κ1) is 22.1. The maximum atomic E-state index is 10.6. The minimum Gasteiger partial charge on any atom is -0.384 e. The Balaban J connectivity index is 0.00000484. The van der Waals surface area contributed by atoms with E-state index in [0.29, 0.717) is 6.54 Å². The topological polar surface area (TPSA) is 59.9 Å². The number of guanidine groups is 1. The summed E-state index contributed by atoms with van der Waals surface area (Å²) in [7, 11) is 2.09. The van der Waals surface area contributed by atoms with Gasteiger partial charge in [-0.05, 0) is 33.0 Å². The molecule has 0 heterocycles. The van der Waals surface area contributed by atoms with E-state index in [4.69, 9.17) is 0 Å². The molecule has 0 bridgehead atoms. The number of nitrogens with one attached hydrogen (secondary N) is 2. The van der Waals surface area contributed by atoms with Crippen molar-refractivity contribution in [3.05, 3.63) is 35.9 Å². The molecule has 23 heavy (non-hydrogen) atoms. The third kappa shape index (κ3) is 8.53. The van der Waals surface area contributed by atoms with Gasteiger partial charge in [-0.1, -0.05) is 37.3 Å². The van der Waals surface area contributed by atoms with Gasteiger partial charge in [-0.2, -0.15) is 0 Å². The third-order valence-corrected chi connectivity index (χ3v) is 3.61. The van der Waals surface area contributed by atoms with Gasteiger partial charge in [-0.25, -0.2) is 4.99 Å². The molecule has 0 amide bonds. The largest absolute Gasteiger partial charge is 0.384 e. The van der Waals surface area contributed by atoms with Crippen LogP contribution in [0.3, 0.4) is 0 Å². The zero-order valence-electron chi connectivity index (χ0n) is 14.7. The lowest BCUT2D eigenvalue weighted by Gasteiger charge is -2.23. The number of benzene rings is 1. The summed E-state index contributed by atoms with van der Waals surface area (Å²) in [5.41, 5.74) is -0.0931. The number of halogens is 1. The summed E-state index contributed by atoms with van der Waals surface area (Å²) in [6, 6.07) is 9.64. The van der Waals surface area contributed by atoms with Crippen molar-refractivity contribution in [1.82, 2.24) is 15.5 Å². The van der Waals surface area contributed by atoms with Crippen LogP contribution in [0.25, 0.3) is 0 Å². The van der Waals surface area contributed by atoms with E-state index in [1.165, 1.54) is 0 Å². The Bertz CT molecular complexity index is 451. The number of hydrogen-bond donors (Lipinski definition) is 3. The maximum Gasteiger partial charge on any atom is 0.191 e. The molecule has 1 aromatic carbocycles. The molecule has 1 atom stereocenters. The molecule has 0 saturated carbocycles. The zero-order valence-corrected chi connectivity index (χ0v) is 17.0. The molecular formula is C17H31IN4O. The molecule has 5 nitrogen and oxygen atoms in total. The van der Waals surface area contributed by atoms with Crippen LogP contribution in [0.5, 0.6) is 0 Å². The summed E-state index contributed by atoms with van der Waals surface area (Å²) in [6.07, 6.45) is 0. The molecule has 0 saturated heterocycles. The van der Waals surface area contributed by atoms with E-state index in [2.05, 4.69) is 34.5 Å². The number of nitrogens with zero attached hydrogens (tertiary/aromatic N) is 2. The van der Waals surface area contributed by atoms with E-state index in [-0.39, 0.29) is 24.0 Å². The van der Waals surface area contributed by atoms with Gasteiger partial charge in [0, 0.05) is 19.6 Å². The smallest absolute Gasteiger partial charge is 0.191 e. The van der Waals surface area contributed by atoms with Crippen LogP contribution >= 0.6 is 24.0 Å². The number of aliphatic imine (C=N–C) groups is 1. The molecule has 6 heteroatoms. The summed E-state index contributed by atoms with van der Waals surface area (Å²) in [4.78, 5) is 6.74. The quantitative estimate of drug-likeness (QED) is 0.333. The number of likely N-dealkylation sites (N-methyl/N-ethyl adjacent to an activating group) is 1. The van der Waals surface area contributed by atoms with E-state index in [9.17, 15) is 5.11 Å². The summed E-state index contributed by atoms with van der Waals surface area (Å²) < 4.78 is 0. The first-order chi connectivity index (χ1) is 10.5. The molecule has 0 spiro atoms. The molecule has 0 aliphatic heterocycles. The summed E-state index contributed by atoms with van der Waals surface area (Å²) >= 11 is 0. The van der Waals surface area contributed by atoms with Crippen molar-refractivity contribution in [3.63, 3.8) is 0 Å². The Kier molecular flexibility index (Phi) is 11.2. The van der Waals surface area contributed by atoms with Gasteiger partial charge in [0.15, 0.2) is 5.96 Å². The van der Waals surface area contributed by atoms with Crippen molar-refractivity contribution in [2.24, 2.45) is 4.99 Å². The molecule has 1 rings (SSSR count). The van der Waals surface area contributed by atoms with Gasteiger partial charge in [0.05, 0.1) is 6.54 Å². The predicted molar refractivity (Wildman–Crippen MR) is 109 cm³/mol. The second-order valence-corrected chi connectivity index (χ2v) is 5.66. The molecule has 0 radical (unpaired) electrons. The summed E-state index contributed by atoms with van der Waals surface area (Å²) in [5.74, 6) is 0.739. The number of hydrogen-bond acceptors (Lipinski definition) is 3. The van der Waals surface area contributed by atoms with Crippen molar-refractivity contribution < 1.29 is 5.11 Å². The first-order valence-corrected chi connectivity index (χ1v) is 7.98. The van der Waals surface area contributed by atoms with Gasteiger partial charge in [0.25, 0.3) is 0 Å². The zero-order chi connectivity index (χ0) is 16.4. The van der Waals surface area contributed by atoms with Crippen molar-refractivity contribution in [2.45, 2.75) is 26.4 Å². The second-order valence-electron chi connectivity index (χ2n) is 5.66. The summed E-state index contributed by atoms with van der Waals surface area (Å²) in [6.45, 7) is 9.87. The first-order valence-electron chi connectivity index (χ1n) is 7.98. The lowest BCUT2D eigenvalue weighted by atomic mass is 9.96. The minimum absolute atomic E-state index is 0. The fraction of sp³-hybridized carbons (Fsp3) is 0.588. The average Bonchev–Trinajstić information content (AvgIpc) is 2.53. The van der Waals surface area contributed by atoms with Gasteiger partial charge >= 0.3 is 0 Å². The van der Waals surface area contributed by atoms with E-state index < -0.39 is 5.60 Å². The fourth-order valence-electron chi connectivity index (χ4n) is 1.99. The molecule has 0 aliphatic carbocycles. The Hall–Kier alpha value is -0.860. The molecule has 0 aromatic heterocycles. The number of rotatable bonds is 8. The average molecular weight is 434 g/mol. The van der Waals surface area contributed by atoms with Gasteiger partial charge in [-0.3, -0.25) is 0 Å². The van der Waals surface area contributed by atoms with Crippen LogP contribution < -0.4 is 10.6 Å². The highest BCUT2D eigenvalue weighted by Gasteiger charge is 2.22. The normalized spacial score (nSPS) is 14.1. The lowest BCUT2D eigenvalue weighted by Crippen LogP contribution is -2.42. The highest BCUT2D eigenvalue weighted by atomic mass is 127. The van der Waals surface area contributed by atoms with Crippen molar-refractivity contribution >= 4 is 29.9 Å². The van der Waals surface area contributed by atoms with Gasteiger partial charge in [-0.15, -0.1) is 24.0 Å². The highest BCUT2D eigenvalue weighted by Crippen LogP contribution is 2.20. The number of aliphatic hydroxyl groups is 1. The highest BCUT2D eigenvalue weighted by molar-refractivity contribution is 14.0. The van der Waals surface area contributed by atoms with Crippen LogP contribution in [0.2, 0.25) is 0 Å². The van der Waals surface area contributed by atoms with Gasteiger partial charge in [0.1, 0.15) is 5.60 Å². The van der Waals surface area contributed by atoms with Crippen LogP contribution in [0.4, 0.5) is 0 Å². The lowest BCUT2D eigenvalue weighted by molar-refractivity contribution is 0.0672. The van der Waals surface area contributed by atoms with Crippen LogP contribution in [-0.4, -0.2) is 55.7 Å². The van der Waals surface area contributed by atoms with Gasteiger partial charge in [0.2, 0.25) is 0 Å². The van der Waals surface area contributed by atoms with E-state index in [1.807, 2.05) is 37.3 Å². The molecule has 1 unspecified atom stereocenters. The van der Waals surface area contributed by atoms with Crippen LogP contribution in [0.1, 0.15) is 26.3 Å². The Labute approximate surface area is 157 Å². The SMILES string of the molecule is CCNC(=NCC(C)(O)c1ccccc1)NCCN(C)CC.I. The predicted octanol–water partition coefficient (Wildman–Crippen LogP) is 2.02. The van der Waals surface area contributed by atoms with Gasteiger partial charge < -0.3 is 20.6 Å².